The lowest BCUT2D eigenvalue weighted by Gasteiger charge is -2.09. The first-order valence-electron chi connectivity index (χ1n) is 3.40. The first-order chi connectivity index (χ1) is 5.43. The minimum absolute atomic E-state index is 0.0949. The molecule has 0 radical (unpaired) electrons. The van der Waals surface area contributed by atoms with Crippen molar-refractivity contribution in [3.8, 4) is 0 Å². The summed E-state index contributed by atoms with van der Waals surface area (Å²) in [5.74, 6) is 0. The summed E-state index contributed by atoms with van der Waals surface area (Å²) in [4.78, 5) is 21.7. The number of hydrogen-bond acceptors (Lipinski definition) is 2. The van der Waals surface area contributed by atoms with Gasteiger partial charge in [0.1, 0.15) is 0 Å². The molecule has 0 bridgehead atoms. The van der Waals surface area contributed by atoms with E-state index < -0.39 is 7.60 Å². The van der Waals surface area contributed by atoms with Gasteiger partial charge >= 0.3 is 7.60 Å². The molecule has 0 fully saturated rings. The van der Waals surface area contributed by atoms with Crippen LogP contribution in [0.3, 0.4) is 0 Å². The molecular weight excluding hydrogens is 177 g/mol. The Labute approximate surface area is 70.4 Å². The molecular formula is C7H10NO3P. The largest absolute Gasteiger partial charge is 0.356 e. The van der Waals surface area contributed by atoms with Gasteiger partial charge in [0.2, 0.25) is 0 Å². The van der Waals surface area contributed by atoms with Crippen LogP contribution in [0.15, 0.2) is 12.4 Å². The Morgan fingerprint density at radius 1 is 1.25 bits per heavy atom. The fourth-order valence-electron chi connectivity index (χ4n) is 1.15. The Bertz CT molecular complexity index is 324. The average Bonchev–Trinajstić information content (AvgIpc) is 1.82. The summed E-state index contributed by atoms with van der Waals surface area (Å²) in [5, 5.41) is 0.0949. The summed E-state index contributed by atoms with van der Waals surface area (Å²) in [5.41, 5.74) is 1.06. The Morgan fingerprint density at radius 2 is 1.67 bits per heavy atom. The fourth-order valence-corrected chi connectivity index (χ4v) is 2.19. The molecule has 66 valence electrons. The van der Waals surface area contributed by atoms with E-state index in [9.17, 15) is 4.57 Å². The first kappa shape index (κ1) is 9.39. The number of aromatic nitrogens is 1. The molecule has 1 aromatic heterocycles. The van der Waals surface area contributed by atoms with Gasteiger partial charge < -0.3 is 9.79 Å². The molecule has 0 atom stereocenters. The normalized spacial score (nSPS) is 11.7. The molecule has 1 rings (SSSR count). The average molecular weight is 187 g/mol. The van der Waals surface area contributed by atoms with Gasteiger partial charge in [-0.1, -0.05) is 0 Å². The second-order valence-electron chi connectivity index (χ2n) is 2.67. The molecule has 0 saturated carbocycles. The molecule has 1 aromatic rings. The summed E-state index contributed by atoms with van der Waals surface area (Å²) in [7, 11) is -4.13. The molecule has 0 aliphatic carbocycles. The van der Waals surface area contributed by atoms with Crippen molar-refractivity contribution >= 4 is 12.9 Å². The van der Waals surface area contributed by atoms with Crippen LogP contribution in [-0.2, 0) is 4.57 Å². The van der Waals surface area contributed by atoms with Crippen molar-refractivity contribution < 1.29 is 14.4 Å². The number of nitrogens with zero attached hydrogens (tertiary/aromatic N) is 1. The molecule has 0 amide bonds. The molecule has 2 N–H and O–H groups in total. The van der Waals surface area contributed by atoms with Crippen molar-refractivity contribution in [2.24, 2.45) is 0 Å². The van der Waals surface area contributed by atoms with Gasteiger partial charge in [-0.2, -0.15) is 0 Å². The van der Waals surface area contributed by atoms with E-state index in [4.69, 9.17) is 9.79 Å². The van der Waals surface area contributed by atoms with Crippen molar-refractivity contribution in [3.63, 3.8) is 0 Å². The van der Waals surface area contributed by atoms with Gasteiger partial charge in [-0.05, 0) is 25.0 Å². The predicted octanol–water partition coefficient (Wildman–Crippen LogP) is 0.501. The minimum atomic E-state index is -4.13. The molecule has 0 aliphatic heterocycles. The van der Waals surface area contributed by atoms with Crippen LogP contribution in [0.25, 0.3) is 0 Å². The molecule has 0 unspecified atom stereocenters. The summed E-state index contributed by atoms with van der Waals surface area (Å²) in [6, 6.07) is 0. The van der Waals surface area contributed by atoms with E-state index in [1.807, 2.05) is 0 Å². The van der Waals surface area contributed by atoms with E-state index in [-0.39, 0.29) is 5.30 Å². The van der Waals surface area contributed by atoms with E-state index in [0.29, 0.717) is 11.1 Å². The minimum Gasteiger partial charge on any atom is -0.321 e. The highest BCUT2D eigenvalue weighted by Gasteiger charge is 2.21. The lowest BCUT2D eigenvalue weighted by molar-refractivity contribution is 0.387. The van der Waals surface area contributed by atoms with Gasteiger partial charge in [0.25, 0.3) is 0 Å². The zero-order valence-electron chi connectivity index (χ0n) is 6.85. The highest BCUT2D eigenvalue weighted by molar-refractivity contribution is 7.60. The monoisotopic (exact) mass is 187 g/mol. The summed E-state index contributed by atoms with van der Waals surface area (Å²) < 4.78 is 10.9. The predicted molar refractivity (Wildman–Crippen MR) is 45.4 cm³/mol. The molecule has 0 spiro atoms. The Hall–Kier alpha value is -0.700. The summed E-state index contributed by atoms with van der Waals surface area (Å²) >= 11 is 0. The first-order valence-corrected chi connectivity index (χ1v) is 5.01. The van der Waals surface area contributed by atoms with Gasteiger partial charge in [-0.3, -0.25) is 9.55 Å². The molecule has 1 heterocycles. The standard InChI is InChI=1S/C7H10NO3P/c1-5-3-8-4-6(2)7(5)12(9,10)11/h3-4H,1-2H3,(H2,9,10,11). The molecule has 5 heteroatoms. The van der Waals surface area contributed by atoms with Crippen LogP contribution in [0.2, 0.25) is 0 Å². The van der Waals surface area contributed by atoms with Crippen LogP contribution in [0.4, 0.5) is 0 Å². The van der Waals surface area contributed by atoms with E-state index in [0.717, 1.165) is 0 Å². The molecule has 0 aliphatic rings. The van der Waals surface area contributed by atoms with Crippen molar-refractivity contribution in [2.45, 2.75) is 13.8 Å². The van der Waals surface area contributed by atoms with Gasteiger partial charge in [-0.25, -0.2) is 0 Å². The van der Waals surface area contributed by atoms with Gasteiger partial charge in [0.05, 0.1) is 5.30 Å². The Balaban J connectivity index is 3.42. The zero-order chi connectivity index (χ0) is 9.35. The van der Waals surface area contributed by atoms with Crippen LogP contribution < -0.4 is 5.30 Å². The van der Waals surface area contributed by atoms with Crippen LogP contribution in [0, 0.1) is 13.8 Å². The molecule has 0 saturated heterocycles. The maximum atomic E-state index is 10.9. The number of aryl methyl sites for hydroxylation is 2. The third-order valence-corrected chi connectivity index (χ3v) is 2.86. The smallest absolute Gasteiger partial charge is 0.321 e. The second-order valence-corrected chi connectivity index (χ2v) is 4.20. The Morgan fingerprint density at radius 3 is 1.92 bits per heavy atom. The molecule has 4 nitrogen and oxygen atoms in total. The van der Waals surface area contributed by atoms with Crippen molar-refractivity contribution in [1.29, 1.82) is 0 Å². The number of rotatable bonds is 1. The third-order valence-electron chi connectivity index (χ3n) is 1.57. The van der Waals surface area contributed by atoms with Gasteiger partial charge in [-0.15, -0.1) is 0 Å². The van der Waals surface area contributed by atoms with E-state index >= 15 is 0 Å². The highest BCUT2D eigenvalue weighted by Crippen LogP contribution is 2.35. The van der Waals surface area contributed by atoms with Crippen LogP contribution >= 0.6 is 7.60 Å². The van der Waals surface area contributed by atoms with Crippen LogP contribution in [-0.4, -0.2) is 14.8 Å². The van der Waals surface area contributed by atoms with Crippen LogP contribution in [0.1, 0.15) is 11.1 Å². The Kier molecular flexibility index (Phi) is 2.33. The van der Waals surface area contributed by atoms with Crippen LogP contribution in [0.5, 0.6) is 0 Å². The van der Waals surface area contributed by atoms with Crippen molar-refractivity contribution in [3.05, 3.63) is 23.5 Å². The quantitative estimate of drug-likeness (QED) is 0.628. The lowest BCUT2D eigenvalue weighted by atomic mass is 10.2. The number of pyridine rings is 1. The van der Waals surface area contributed by atoms with E-state index in [1.54, 1.807) is 13.8 Å². The maximum absolute atomic E-state index is 10.9. The van der Waals surface area contributed by atoms with Gasteiger partial charge in [0, 0.05) is 12.4 Å². The van der Waals surface area contributed by atoms with E-state index in [1.165, 1.54) is 12.4 Å². The lowest BCUT2D eigenvalue weighted by Crippen LogP contribution is -2.12. The van der Waals surface area contributed by atoms with Crippen molar-refractivity contribution in [2.75, 3.05) is 0 Å². The second kappa shape index (κ2) is 2.98. The number of hydrogen-bond donors (Lipinski definition) is 2. The molecule has 0 aromatic carbocycles. The zero-order valence-corrected chi connectivity index (χ0v) is 7.75. The fraction of sp³-hybridized carbons (Fsp3) is 0.286. The molecule has 12 heavy (non-hydrogen) atoms. The highest BCUT2D eigenvalue weighted by atomic mass is 31.2. The van der Waals surface area contributed by atoms with Crippen molar-refractivity contribution in [1.82, 2.24) is 4.98 Å². The summed E-state index contributed by atoms with van der Waals surface area (Å²) in [6.45, 7) is 3.27. The van der Waals surface area contributed by atoms with E-state index in [2.05, 4.69) is 4.98 Å². The maximum Gasteiger partial charge on any atom is 0.356 e. The third kappa shape index (κ3) is 1.72. The topological polar surface area (TPSA) is 70.4 Å². The van der Waals surface area contributed by atoms with Gasteiger partial charge in [0.15, 0.2) is 0 Å². The summed E-state index contributed by atoms with van der Waals surface area (Å²) in [6.07, 6.45) is 2.89. The SMILES string of the molecule is Cc1cncc(C)c1P(=O)(O)O.